The zero-order valence-corrected chi connectivity index (χ0v) is 11.3. The predicted octanol–water partition coefficient (Wildman–Crippen LogP) is 3.88. The Morgan fingerprint density at radius 3 is 2.05 bits per heavy atom. The highest BCUT2D eigenvalue weighted by Crippen LogP contribution is 2.29. The van der Waals surface area contributed by atoms with Gasteiger partial charge in [-0.15, -0.1) is 0 Å². The molecule has 5 heteroatoms. The van der Waals surface area contributed by atoms with Crippen molar-refractivity contribution in [2.45, 2.75) is 38.9 Å². The quantitative estimate of drug-likeness (QED) is 0.826. The zero-order valence-electron chi connectivity index (χ0n) is 11.3. The summed E-state index contributed by atoms with van der Waals surface area (Å²) in [5.41, 5.74) is 6.07. The molecule has 0 aliphatic carbocycles. The lowest BCUT2D eigenvalue weighted by molar-refractivity contribution is -0.137. The van der Waals surface area contributed by atoms with E-state index in [4.69, 9.17) is 5.73 Å². The standard InChI is InChI=1S/C14H21F3N2/c1-3-10(4-2)13(18)9-19-12-7-5-11(6-8-12)14(15,16)17/h5-8,10,13,19H,3-4,9,18H2,1-2H3. The van der Waals surface area contributed by atoms with Gasteiger partial charge < -0.3 is 11.1 Å². The van der Waals surface area contributed by atoms with Gasteiger partial charge in [-0.25, -0.2) is 0 Å². The number of nitrogens with two attached hydrogens (primary N) is 1. The number of benzene rings is 1. The highest BCUT2D eigenvalue weighted by Gasteiger charge is 2.29. The van der Waals surface area contributed by atoms with Crippen LogP contribution in [-0.2, 0) is 6.18 Å². The first-order chi connectivity index (χ1) is 8.88. The number of anilines is 1. The lowest BCUT2D eigenvalue weighted by atomic mass is 9.95. The summed E-state index contributed by atoms with van der Waals surface area (Å²) >= 11 is 0. The van der Waals surface area contributed by atoms with Gasteiger partial charge in [0, 0.05) is 18.3 Å². The Kier molecular flexibility index (Phi) is 5.66. The van der Waals surface area contributed by atoms with Crippen LogP contribution >= 0.6 is 0 Å². The van der Waals surface area contributed by atoms with E-state index in [0.29, 0.717) is 18.2 Å². The fourth-order valence-corrected chi connectivity index (χ4v) is 2.07. The van der Waals surface area contributed by atoms with E-state index in [9.17, 15) is 13.2 Å². The fraction of sp³-hybridized carbons (Fsp3) is 0.571. The molecule has 1 rings (SSSR count). The molecule has 0 radical (unpaired) electrons. The van der Waals surface area contributed by atoms with Crippen LogP contribution in [0, 0.1) is 5.92 Å². The van der Waals surface area contributed by atoms with Crippen LogP contribution in [-0.4, -0.2) is 12.6 Å². The number of hydrogen-bond acceptors (Lipinski definition) is 2. The molecule has 1 aromatic rings. The minimum absolute atomic E-state index is 0.0114. The molecule has 1 atom stereocenters. The average molecular weight is 274 g/mol. The van der Waals surface area contributed by atoms with Crippen molar-refractivity contribution in [1.29, 1.82) is 0 Å². The molecule has 3 N–H and O–H groups in total. The molecular weight excluding hydrogens is 253 g/mol. The summed E-state index contributed by atoms with van der Waals surface area (Å²) < 4.78 is 37.2. The molecule has 0 saturated heterocycles. The molecule has 0 saturated carbocycles. The molecule has 0 aliphatic rings. The van der Waals surface area contributed by atoms with E-state index in [0.717, 1.165) is 25.0 Å². The summed E-state index contributed by atoms with van der Waals surface area (Å²) in [6, 6.07) is 5.03. The number of hydrogen-bond donors (Lipinski definition) is 2. The van der Waals surface area contributed by atoms with Crippen molar-refractivity contribution in [1.82, 2.24) is 0 Å². The first kappa shape index (κ1) is 15.8. The maximum absolute atomic E-state index is 12.4. The summed E-state index contributed by atoms with van der Waals surface area (Å²) in [7, 11) is 0. The molecule has 0 aliphatic heterocycles. The molecule has 1 unspecified atom stereocenters. The number of halogens is 3. The minimum atomic E-state index is -4.29. The molecule has 0 bridgehead atoms. The topological polar surface area (TPSA) is 38.0 Å². The molecule has 2 nitrogen and oxygen atoms in total. The van der Waals surface area contributed by atoms with Crippen LogP contribution in [0.1, 0.15) is 32.3 Å². The van der Waals surface area contributed by atoms with Crippen LogP contribution in [0.25, 0.3) is 0 Å². The van der Waals surface area contributed by atoms with Crippen LogP contribution in [0.15, 0.2) is 24.3 Å². The van der Waals surface area contributed by atoms with Crippen LogP contribution in [0.5, 0.6) is 0 Å². The third kappa shape index (κ3) is 4.74. The van der Waals surface area contributed by atoms with E-state index >= 15 is 0 Å². The van der Waals surface area contributed by atoms with Gasteiger partial charge in [0.15, 0.2) is 0 Å². The van der Waals surface area contributed by atoms with Crippen molar-refractivity contribution in [2.75, 3.05) is 11.9 Å². The smallest absolute Gasteiger partial charge is 0.383 e. The second-order valence-electron chi connectivity index (χ2n) is 4.70. The number of rotatable bonds is 6. The van der Waals surface area contributed by atoms with Crippen molar-refractivity contribution in [2.24, 2.45) is 11.7 Å². The Balaban J connectivity index is 2.55. The van der Waals surface area contributed by atoms with Gasteiger partial charge in [0.25, 0.3) is 0 Å². The summed E-state index contributed by atoms with van der Waals surface area (Å²) in [5.74, 6) is 0.432. The van der Waals surface area contributed by atoms with Crippen molar-refractivity contribution < 1.29 is 13.2 Å². The maximum atomic E-state index is 12.4. The van der Waals surface area contributed by atoms with Gasteiger partial charge in [-0.05, 0) is 30.2 Å². The summed E-state index contributed by atoms with van der Waals surface area (Å²) in [4.78, 5) is 0. The third-order valence-corrected chi connectivity index (χ3v) is 3.41. The normalized spacial score (nSPS) is 13.6. The Morgan fingerprint density at radius 2 is 1.63 bits per heavy atom. The molecule has 108 valence electrons. The molecule has 0 fully saturated rings. The molecule has 0 aromatic heterocycles. The summed E-state index contributed by atoms with van der Waals surface area (Å²) in [6.45, 7) is 4.75. The molecule has 0 spiro atoms. The lowest BCUT2D eigenvalue weighted by Gasteiger charge is -2.22. The van der Waals surface area contributed by atoms with Gasteiger partial charge in [-0.2, -0.15) is 13.2 Å². The monoisotopic (exact) mass is 274 g/mol. The first-order valence-corrected chi connectivity index (χ1v) is 6.55. The average Bonchev–Trinajstić information content (AvgIpc) is 2.37. The number of alkyl halides is 3. The van der Waals surface area contributed by atoms with Crippen molar-refractivity contribution >= 4 is 5.69 Å². The van der Waals surface area contributed by atoms with Crippen LogP contribution in [0.3, 0.4) is 0 Å². The highest BCUT2D eigenvalue weighted by atomic mass is 19.4. The van der Waals surface area contributed by atoms with Gasteiger partial charge in [-0.3, -0.25) is 0 Å². The van der Waals surface area contributed by atoms with Gasteiger partial charge in [0.1, 0.15) is 0 Å². The van der Waals surface area contributed by atoms with E-state index in [2.05, 4.69) is 19.2 Å². The largest absolute Gasteiger partial charge is 0.416 e. The molecule has 19 heavy (non-hydrogen) atoms. The van der Waals surface area contributed by atoms with Gasteiger partial charge >= 0.3 is 6.18 Å². The van der Waals surface area contributed by atoms with Crippen LogP contribution in [0.4, 0.5) is 18.9 Å². The number of nitrogens with one attached hydrogen (secondary N) is 1. The second kappa shape index (κ2) is 6.80. The first-order valence-electron chi connectivity index (χ1n) is 6.55. The zero-order chi connectivity index (χ0) is 14.5. The van der Waals surface area contributed by atoms with E-state index in [-0.39, 0.29) is 6.04 Å². The summed E-state index contributed by atoms with van der Waals surface area (Å²) in [6.07, 6.45) is -2.27. The minimum Gasteiger partial charge on any atom is -0.383 e. The second-order valence-corrected chi connectivity index (χ2v) is 4.70. The van der Waals surface area contributed by atoms with Gasteiger partial charge in [-0.1, -0.05) is 26.7 Å². The molecule has 1 aromatic carbocycles. The molecule has 0 amide bonds. The van der Waals surface area contributed by atoms with E-state index < -0.39 is 11.7 Å². The molecule has 0 heterocycles. The summed E-state index contributed by atoms with van der Waals surface area (Å²) in [5, 5.41) is 3.08. The molecular formula is C14H21F3N2. The van der Waals surface area contributed by atoms with Crippen LogP contribution in [0.2, 0.25) is 0 Å². The van der Waals surface area contributed by atoms with Crippen molar-refractivity contribution in [3.63, 3.8) is 0 Å². The Labute approximate surface area is 112 Å². The Morgan fingerprint density at radius 1 is 1.11 bits per heavy atom. The third-order valence-electron chi connectivity index (χ3n) is 3.41. The predicted molar refractivity (Wildman–Crippen MR) is 72.0 cm³/mol. The SMILES string of the molecule is CCC(CC)C(N)CNc1ccc(C(F)(F)F)cc1. The van der Waals surface area contributed by atoms with E-state index in [1.807, 2.05) is 0 Å². The Bertz CT molecular complexity index is 369. The van der Waals surface area contributed by atoms with Gasteiger partial charge in [0.2, 0.25) is 0 Å². The van der Waals surface area contributed by atoms with Crippen molar-refractivity contribution in [3.05, 3.63) is 29.8 Å². The highest BCUT2D eigenvalue weighted by molar-refractivity contribution is 5.45. The van der Waals surface area contributed by atoms with E-state index in [1.54, 1.807) is 0 Å². The van der Waals surface area contributed by atoms with Crippen molar-refractivity contribution in [3.8, 4) is 0 Å². The maximum Gasteiger partial charge on any atom is 0.416 e. The van der Waals surface area contributed by atoms with E-state index in [1.165, 1.54) is 12.1 Å². The van der Waals surface area contributed by atoms with Crippen LogP contribution < -0.4 is 11.1 Å². The Hall–Kier alpha value is -1.23. The van der Waals surface area contributed by atoms with Gasteiger partial charge in [0.05, 0.1) is 5.56 Å². The lowest BCUT2D eigenvalue weighted by Crippen LogP contribution is -2.36. The fourth-order valence-electron chi connectivity index (χ4n) is 2.07.